The van der Waals surface area contributed by atoms with Gasteiger partial charge in [0.15, 0.2) is 5.78 Å². The number of rotatable bonds is 7. The van der Waals surface area contributed by atoms with Gasteiger partial charge in [-0.1, -0.05) is 0 Å². The number of nitrogens with two attached hydrogens (primary N) is 3. The van der Waals surface area contributed by atoms with Gasteiger partial charge in [-0.3, -0.25) is 9.59 Å². The summed E-state index contributed by atoms with van der Waals surface area (Å²) >= 11 is 0. The van der Waals surface area contributed by atoms with E-state index in [0.717, 1.165) is 0 Å². The Morgan fingerprint density at radius 1 is 1.26 bits per heavy atom. The minimum Gasteiger partial charge on any atom is -0.480 e. The van der Waals surface area contributed by atoms with Gasteiger partial charge in [0.25, 0.3) is 0 Å². The molecule has 0 spiro atoms. The number of carbonyl (C=O) groups is 2. The smallest absolute Gasteiger partial charge is 0.317 e. The number of hydrogen-bond acceptors (Lipinski definition) is 5. The Kier molecular flexibility index (Phi) is 5.90. The van der Waals surface area contributed by atoms with Gasteiger partial charge >= 0.3 is 5.97 Å². The van der Waals surface area contributed by atoms with Crippen LogP contribution in [0.15, 0.2) is 0 Å². The van der Waals surface area contributed by atoms with Crippen LogP contribution in [0.1, 0.15) is 38.5 Å². The van der Waals surface area contributed by atoms with Crippen LogP contribution < -0.4 is 17.2 Å². The minimum absolute atomic E-state index is 0.320. The Balaban J connectivity index is 2.77. The van der Waals surface area contributed by atoms with Gasteiger partial charge in [-0.15, -0.1) is 0 Å². The third-order valence-electron chi connectivity index (χ3n) is 4.23. The Hall–Kier alpha value is -0.980. The fraction of sp³-hybridized carbons (Fsp3) is 0.846. The van der Waals surface area contributed by atoms with E-state index in [2.05, 4.69) is 0 Å². The largest absolute Gasteiger partial charge is 0.480 e. The van der Waals surface area contributed by atoms with Crippen molar-refractivity contribution in [3.05, 3.63) is 0 Å². The zero-order valence-electron chi connectivity index (χ0n) is 11.3. The number of carboxylic acid groups (broad SMARTS) is 1. The first kappa shape index (κ1) is 16.1. The van der Waals surface area contributed by atoms with Crippen molar-refractivity contribution >= 4 is 11.8 Å². The lowest BCUT2D eigenvalue weighted by atomic mass is 9.66. The third kappa shape index (κ3) is 3.52. The van der Waals surface area contributed by atoms with E-state index in [0.29, 0.717) is 57.5 Å². The van der Waals surface area contributed by atoms with Crippen LogP contribution in [0.2, 0.25) is 0 Å². The van der Waals surface area contributed by atoms with Crippen LogP contribution in [-0.4, -0.2) is 36.0 Å². The highest BCUT2D eigenvalue weighted by atomic mass is 16.4. The molecular formula is C13H25N3O3. The van der Waals surface area contributed by atoms with Crippen LogP contribution in [0.5, 0.6) is 0 Å². The molecule has 1 atom stereocenters. The van der Waals surface area contributed by atoms with Crippen molar-refractivity contribution < 1.29 is 14.7 Å². The average molecular weight is 271 g/mol. The van der Waals surface area contributed by atoms with Gasteiger partial charge in [-0.05, 0) is 57.5 Å². The molecule has 6 nitrogen and oxygen atoms in total. The summed E-state index contributed by atoms with van der Waals surface area (Å²) in [4.78, 5) is 23.9. The highest BCUT2D eigenvalue weighted by Crippen LogP contribution is 2.40. The molecule has 0 bridgehead atoms. The summed E-state index contributed by atoms with van der Waals surface area (Å²) in [5.41, 5.74) is 15.5. The van der Waals surface area contributed by atoms with Crippen LogP contribution >= 0.6 is 0 Å². The maximum Gasteiger partial charge on any atom is 0.317 e. The van der Waals surface area contributed by atoms with E-state index >= 15 is 0 Å². The minimum atomic E-state index is -1.31. The van der Waals surface area contributed by atoms with Crippen LogP contribution in [-0.2, 0) is 9.59 Å². The van der Waals surface area contributed by atoms with Gasteiger partial charge in [0.1, 0.15) is 5.41 Å². The third-order valence-corrected chi connectivity index (χ3v) is 4.23. The van der Waals surface area contributed by atoms with Gasteiger partial charge in [0.2, 0.25) is 0 Å². The number of ketones is 1. The molecule has 0 saturated heterocycles. The lowest BCUT2D eigenvalue weighted by Gasteiger charge is -2.36. The van der Waals surface area contributed by atoms with E-state index in [-0.39, 0.29) is 5.78 Å². The SMILES string of the molecule is NCCC[C@@H](N)C(=O)C1(C(=O)O)CCC(CN)CC1. The predicted octanol–water partition coefficient (Wildman–Crippen LogP) is -0.158. The van der Waals surface area contributed by atoms with Crippen LogP contribution in [0.4, 0.5) is 0 Å². The lowest BCUT2D eigenvalue weighted by Crippen LogP contribution is -2.50. The zero-order chi connectivity index (χ0) is 14.5. The van der Waals surface area contributed by atoms with E-state index in [1.54, 1.807) is 0 Å². The number of carboxylic acids is 1. The van der Waals surface area contributed by atoms with Crippen molar-refractivity contribution in [3.8, 4) is 0 Å². The summed E-state index contributed by atoms with van der Waals surface area (Å²) in [6.07, 6.45) is 3.13. The fourth-order valence-corrected chi connectivity index (χ4v) is 2.80. The number of aliphatic carboxylic acids is 1. The number of Topliss-reactive ketones (excluding diaryl/α,β-unsaturated/α-hetero) is 1. The molecule has 0 heterocycles. The second-order valence-electron chi connectivity index (χ2n) is 5.47. The summed E-state index contributed by atoms with van der Waals surface area (Å²) < 4.78 is 0. The van der Waals surface area contributed by atoms with Crippen LogP contribution in [0.25, 0.3) is 0 Å². The molecule has 1 fully saturated rings. The molecule has 19 heavy (non-hydrogen) atoms. The maximum absolute atomic E-state index is 12.4. The molecule has 6 heteroatoms. The van der Waals surface area contributed by atoms with Crippen molar-refractivity contribution in [2.45, 2.75) is 44.6 Å². The zero-order valence-corrected chi connectivity index (χ0v) is 11.3. The maximum atomic E-state index is 12.4. The highest BCUT2D eigenvalue weighted by Gasteiger charge is 2.49. The number of hydrogen-bond donors (Lipinski definition) is 4. The van der Waals surface area contributed by atoms with E-state index in [1.165, 1.54) is 0 Å². The molecule has 1 rings (SSSR count). The van der Waals surface area contributed by atoms with Crippen LogP contribution in [0.3, 0.4) is 0 Å². The molecule has 1 saturated carbocycles. The fourth-order valence-electron chi connectivity index (χ4n) is 2.80. The predicted molar refractivity (Wildman–Crippen MR) is 72.4 cm³/mol. The molecule has 0 aromatic heterocycles. The summed E-state index contributed by atoms with van der Waals surface area (Å²) in [5, 5.41) is 9.46. The van der Waals surface area contributed by atoms with Gasteiger partial charge in [0, 0.05) is 0 Å². The van der Waals surface area contributed by atoms with Crippen LogP contribution in [0, 0.1) is 11.3 Å². The summed E-state index contributed by atoms with van der Waals surface area (Å²) in [5.74, 6) is -1.07. The first-order chi connectivity index (χ1) is 8.97. The summed E-state index contributed by atoms with van der Waals surface area (Å²) in [7, 11) is 0. The molecule has 0 aromatic rings. The topological polar surface area (TPSA) is 132 Å². The molecule has 0 aromatic carbocycles. The van der Waals surface area contributed by atoms with E-state index in [9.17, 15) is 14.7 Å². The second-order valence-corrected chi connectivity index (χ2v) is 5.47. The number of carbonyl (C=O) groups excluding carboxylic acids is 1. The van der Waals surface area contributed by atoms with Gasteiger partial charge in [-0.2, -0.15) is 0 Å². The van der Waals surface area contributed by atoms with E-state index in [4.69, 9.17) is 17.2 Å². The van der Waals surface area contributed by atoms with E-state index < -0.39 is 17.4 Å². The first-order valence-electron chi connectivity index (χ1n) is 6.91. The molecule has 0 aliphatic heterocycles. The molecule has 1 aliphatic carbocycles. The first-order valence-corrected chi connectivity index (χ1v) is 6.91. The van der Waals surface area contributed by atoms with E-state index in [1.807, 2.05) is 0 Å². The van der Waals surface area contributed by atoms with Crippen molar-refractivity contribution in [2.75, 3.05) is 13.1 Å². The summed E-state index contributed by atoms with van der Waals surface area (Å²) in [6.45, 7) is 0.999. The summed E-state index contributed by atoms with van der Waals surface area (Å²) in [6, 6.07) is -0.728. The molecule has 7 N–H and O–H groups in total. The van der Waals surface area contributed by atoms with Gasteiger partial charge in [0.05, 0.1) is 6.04 Å². The second kappa shape index (κ2) is 6.98. The average Bonchev–Trinajstić information content (AvgIpc) is 2.43. The molecular weight excluding hydrogens is 246 g/mol. The molecule has 0 amide bonds. The van der Waals surface area contributed by atoms with Crippen molar-refractivity contribution in [1.82, 2.24) is 0 Å². The molecule has 110 valence electrons. The molecule has 0 radical (unpaired) electrons. The van der Waals surface area contributed by atoms with Crippen molar-refractivity contribution in [1.29, 1.82) is 0 Å². The lowest BCUT2D eigenvalue weighted by molar-refractivity contribution is -0.158. The van der Waals surface area contributed by atoms with Crippen molar-refractivity contribution in [3.63, 3.8) is 0 Å². The van der Waals surface area contributed by atoms with Gasteiger partial charge in [-0.25, -0.2) is 0 Å². The molecule has 1 aliphatic rings. The Labute approximate surface area is 113 Å². The molecule has 0 unspecified atom stereocenters. The Morgan fingerprint density at radius 3 is 2.26 bits per heavy atom. The standard InChI is InChI=1S/C13H25N3O3/c14-7-1-2-10(16)11(17)13(12(18)19)5-3-9(8-15)4-6-13/h9-10H,1-8,14-16H2,(H,18,19)/t9?,10-,13?/m1/s1. The normalized spacial score (nSPS) is 28.9. The quantitative estimate of drug-likeness (QED) is 0.476. The Bertz CT molecular complexity index is 325. The van der Waals surface area contributed by atoms with Gasteiger partial charge < -0.3 is 22.3 Å². The monoisotopic (exact) mass is 271 g/mol. The Morgan fingerprint density at radius 2 is 1.84 bits per heavy atom. The highest BCUT2D eigenvalue weighted by molar-refractivity contribution is 6.05. The van der Waals surface area contributed by atoms with Crippen molar-refractivity contribution in [2.24, 2.45) is 28.5 Å².